The fraction of sp³-hybridized carbons (Fsp3) is 0.286. The molecule has 0 saturated heterocycles. The van der Waals surface area contributed by atoms with Crippen molar-refractivity contribution >= 4 is 17.5 Å². The van der Waals surface area contributed by atoms with E-state index in [4.69, 9.17) is 21.6 Å². The van der Waals surface area contributed by atoms with Gasteiger partial charge < -0.3 is 9.64 Å². The van der Waals surface area contributed by atoms with E-state index in [2.05, 4.69) is 10.1 Å². The molecular formula is C14H14ClN5O2. The van der Waals surface area contributed by atoms with E-state index in [1.807, 2.05) is 6.07 Å². The summed E-state index contributed by atoms with van der Waals surface area (Å²) in [6, 6.07) is 8.82. The smallest absolute Gasteiger partial charge is 0.252 e. The van der Waals surface area contributed by atoms with Gasteiger partial charge in [-0.3, -0.25) is 4.79 Å². The quantitative estimate of drug-likeness (QED) is 0.802. The maximum Gasteiger partial charge on any atom is 0.252 e. The molecule has 0 radical (unpaired) electrons. The molecule has 1 amide bonds. The molecule has 1 aromatic carbocycles. The van der Waals surface area contributed by atoms with Gasteiger partial charge in [-0.05, 0) is 24.3 Å². The van der Waals surface area contributed by atoms with Crippen LogP contribution >= 0.6 is 11.6 Å². The molecule has 0 saturated carbocycles. The van der Waals surface area contributed by atoms with Crippen molar-refractivity contribution in [3.05, 3.63) is 41.4 Å². The summed E-state index contributed by atoms with van der Waals surface area (Å²) in [5, 5.41) is 13.1. The summed E-state index contributed by atoms with van der Waals surface area (Å²) in [5.41, 5.74) is 0. The number of carbonyl (C=O) groups excluding carboxylic acids is 1. The Balaban J connectivity index is 1.76. The van der Waals surface area contributed by atoms with Crippen LogP contribution in [0.25, 0.3) is 0 Å². The second kappa shape index (κ2) is 7.43. The molecule has 0 fully saturated rings. The molecule has 114 valence electrons. The molecule has 0 N–H and O–H groups in total. The Hall–Kier alpha value is -2.59. The first-order valence-corrected chi connectivity index (χ1v) is 6.88. The molecule has 22 heavy (non-hydrogen) atoms. The SMILES string of the molecule is CN(CCOc1ccc(Cl)cc1)C(=O)Cn1cnc(C#N)n1. The fourth-order valence-electron chi connectivity index (χ4n) is 1.64. The zero-order valence-corrected chi connectivity index (χ0v) is 12.7. The summed E-state index contributed by atoms with van der Waals surface area (Å²) in [4.78, 5) is 17.3. The number of benzene rings is 1. The number of carbonyl (C=O) groups is 1. The topological polar surface area (TPSA) is 84.0 Å². The van der Waals surface area contributed by atoms with Gasteiger partial charge in [0.2, 0.25) is 5.91 Å². The summed E-state index contributed by atoms with van der Waals surface area (Å²) in [6.07, 6.45) is 1.36. The number of nitriles is 1. The maximum atomic E-state index is 12.0. The van der Waals surface area contributed by atoms with Crippen LogP contribution in [0.15, 0.2) is 30.6 Å². The number of rotatable bonds is 6. The molecule has 0 unspecified atom stereocenters. The van der Waals surface area contributed by atoms with Crippen molar-refractivity contribution in [1.29, 1.82) is 5.26 Å². The Bertz CT molecular complexity index is 677. The van der Waals surface area contributed by atoms with Crippen LogP contribution in [0.5, 0.6) is 5.75 Å². The lowest BCUT2D eigenvalue weighted by Gasteiger charge is -2.17. The molecule has 0 bridgehead atoms. The minimum Gasteiger partial charge on any atom is -0.492 e. The second-order valence-corrected chi connectivity index (χ2v) is 4.93. The van der Waals surface area contributed by atoms with Gasteiger partial charge >= 0.3 is 0 Å². The van der Waals surface area contributed by atoms with Gasteiger partial charge in [0, 0.05) is 12.1 Å². The Morgan fingerprint density at radius 3 is 2.82 bits per heavy atom. The molecule has 0 atom stereocenters. The van der Waals surface area contributed by atoms with Crippen LogP contribution in [-0.2, 0) is 11.3 Å². The number of hydrogen-bond acceptors (Lipinski definition) is 5. The molecule has 1 heterocycles. The number of aromatic nitrogens is 3. The van der Waals surface area contributed by atoms with Gasteiger partial charge in [0.15, 0.2) is 0 Å². The first-order chi connectivity index (χ1) is 10.6. The van der Waals surface area contributed by atoms with Crippen LogP contribution < -0.4 is 4.74 Å². The Labute approximate surface area is 132 Å². The number of likely N-dealkylation sites (N-methyl/N-ethyl adjacent to an activating group) is 1. The van der Waals surface area contributed by atoms with E-state index in [1.54, 1.807) is 31.3 Å². The van der Waals surface area contributed by atoms with Crippen molar-refractivity contribution in [1.82, 2.24) is 19.7 Å². The zero-order chi connectivity index (χ0) is 15.9. The largest absolute Gasteiger partial charge is 0.492 e. The Kier molecular flexibility index (Phi) is 5.33. The summed E-state index contributed by atoms with van der Waals surface area (Å²) < 4.78 is 6.85. The molecule has 7 nitrogen and oxygen atoms in total. The lowest BCUT2D eigenvalue weighted by molar-refractivity contribution is -0.131. The minimum absolute atomic E-state index is 0.0339. The molecule has 8 heteroatoms. The van der Waals surface area contributed by atoms with Gasteiger partial charge in [-0.25, -0.2) is 9.67 Å². The van der Waals surface area contributed by atoms with E-state index in [0.717, 1.165) is 0 Å². The average molecular weight is 320 g/mol. The highest BCUT2D eigenvalue weighted by atomic mass is 35.5. The van der Waals surface area contributed by atoms with Crippen molar-refractivity contribution in [3.63, 3.8) is 0 Å². The van der Waals surface area contributed by atoms with E-state index in [1.165, 1.54) is 15.9 Å². The highest BCUT2D eigenvalue weighted by Gasteiger charge is 2.11. The average Bonchev–Trinajstić information content (AvgIpc) is 2.96. The molecule has 2 aromatic rings. The van der Waals surface area contributed by atoms with Gasteiger partial charge in [-0.1, -0.05) is 11.6 Å². The molecule has 0 aliphatic heterocycles. The predicted molar refractivity (Wildman–Crippen MR) is 79.3 cm³/mol. The Morgan fingerprint density at radius 1 is 1.45 bits per heavy atom. The maximum absolute atomic E-state index is 12.0. The minimum atomic E-state index is -0.144. The van der Waals surface area contributed by atoms with Crippen LogP contribution in [-0.4, -0.2) is 45.8 Å². The molecular weight excluding hydrogens is 306 g/mol. The second-order valence-electron chi connectivity index (χ2n) is 4.50. The molecule has 1 aromatic heterocycles. The van der Waals surface area contributed by atoms with Crippen molar-refractivity contribution in [2.75, 3.05) is 20.2 Å². The van der Waals surface area contributed by atoms with Crippen molar-refractivity contribution < 1.29 is 9.53 Å². The van der Waals surface area contributed by atoms with Crippen LogP contribution in [0.4, 0.5) is 0 Å². The molecule has 0 aliphatic carbocycles. The lowest BCUT2D eigenvalue weighted by Crippen LogP contribution is -2.33. The van der Waals surface area contributed by atoms with Crippen LogP contribution in [0.1, 0.15) is 5.82 Å². The highest BCUT2D eigenvalue weighted by molar-refractivity contribution is 6.30. The first kappa shape index (κ1) is 15.8. The lowest BCUT2D eigenvalue weighted by atomic mass is 10.3. The van der Waals surface area contributed by atoms with E-state index >= 15 is 0 Å². The van der Waals surface area contributed by atoms with Gasteiger partial charge in [-0.15, -0.1) is 5.10 Å². The normalized spacial score (nSPS) is 10.0. The molecule has 0 spiro atoms. The third kappa shape index (κ3) is 4.46. The number of ether oxygens (including phenoxy) is 1. The summed E-state index contributed by atoms with van der Waals surface area (Å²) >= 11 is 5.79. The summed E-state index contributed by atoms with van der Waals surface area (Å²) in [7, 11) is 1.68. The standard InChI is InChI=1S/C14H14ClN5O2/c1-19(6-7-22-12-4-2-11(15)3-5-12)14(21)9-20-10-17-13(8-16)18-20/h2-5,10H,6-7,9H2,1H3. The number of hydrogen-bond donors (Lipinski definition) is 0. The molecule has 0 aliphatic rings. The highest BCUT2D eigenvalue weighted by Crippen LogP contribution is 2.15. The first-order valence-electron chi connectivity index (χ1n) is 6.50. The predicted octanol–water partition coefficient (Wildman–Crippen LogP) is 1.34. The van der Waals surface area contributed by atoms with E-state index < -0.39 is 0 Å². The monoisotopic (exact) mass is 319 g/mol. The Morgan fingerprint density at radius 2 is 2.18 bits per heavy atom. The number of halogens is 1. The zero-order valence-electron chi connectivity index (χ0n) is 11.9. The number of amides is 1. The van der Waals surface area contributed by atoms with Gasteiger partial charge in [0.1, 0.15) is 31.3 Å². The third-order valence-corrected chi connectivity index (χ3v) is 3.12. The van der Waals surface area contributed by atoms with Crippen molar-refractivity contribution in [2.24, 2.45) is 0 Å². The summed E-state index contributed by atoms with van der Waals surface area (Å²) in [6.45, 7) is 0.831. The van der Waals surface area contributed by atoms with Crippen LogP contribution in [0.2, 0.25) is 5.02 Å². The molecule has 2 rings (SSSR count). The van der Waals surface area contributed by atoms with E-state index in [0.29, 0.717) is 23.9 Å². The summed E-state index contributed by atoms with van der Waals surface area (Å²) in [5.74, 6) is 0.593. The van der Waals surface area contributed by atoms with E-state index in [9.17, 15) is 4.79 Å². The van der Waals surface area contributed by atoms with Gasteiger partial charge in [0.25, 0.3) is 5.82 Å². The van der Waals surface area contributed by atoms with E-state index in [-0.39, 0.29) is 18.3 Å². The van der Waals surface area contributed by atoms with Gasteiger partial charge in [0.05, 0.1) is 6.54 Å². The van der Waals surface area contributed by atoms with Crippen LogP contribution in [0, 0.1) is 11.3 Å². The van der Waals surface area contributed by atoms with Crippen molar-refractivity contribution in [2.45, 2.75) is 6.54 Å². The van der Waals surface area contributed by atoms with Gasteiger partial charge in [-0.2, -0.15) is 5.26 Å². The number of nitrogens with zero attached hydrogens (tertiary/aromatic N) is 5. The van der Waals surface area contributed by atoms with Crippen LogP contribution in [0.3, 0.4) is 0 Å². The third-order valence-electron chi connectivity index (χ3n) is 2.87. The fourth-order valence-corrected chi connectivity index (χ4v) is 1.76. The van der Waals surface area contributed by atoms with Crippen molar-refractivity contribution in [3.8, 4) is 11.8 Å².